The maximum atomic E-state index is 13.6. The quantitative estimate of drug-likeness (QED) is 0.700. The van der Waals surface area contributed by atoms with Gasteiger partial charge in [-0.15, -0.1) is 0 Å². The summed E-state index contributed by atoms with van der Waals surface area (Å²) in [5.74, 6) is -6.65. The second-order valence-corrected chi connectivity index (χ2v) is 5.20. The molecular weight excluding hydrogens is 361 g/mol. The van der Waals surface area contributed by atoms with Gasteiger partial charge in [0, 0.05) is 11.6 Å². The van der Waals surface area contributed by atoms with Crippen LogP contribution < -0.4 is 0 Å². The van der Waals surface area contributed by atoms with E-state index in [1.165, 1.54) is 12.1 Å². The van der Waals surface area contributed by atoms with Crippen molar-refractivity contribution in [3.8, 4) is 0 Å². The van der Waals surface area contributed by atoms with Gasteiger partial charge in [0.2, 0.25) is 0 Å². The van der Waals surface area contributed by atoms with Crippen molar-refractivity contribution in [1.82, 2.24) is 14.4 Å². The molecule has 3 aromatic rings. The molecule has 126 valence electrons. The fourth-order valence-electron chi connectivity index (χ4n) is 2.11. The van der Waals surface area contributed by atoms with Gasteiger partial charge in [-0.1, -0.05) is 11.6 Å². The highest BCUT2D eigenvalue weighted by atomic mass is 35.5. The maximum absolute atomic E-state index is 13.6. The first kappa shape index (κ1) is 16.4. The van der Waals surface area contributed by atoms with Gasteiger partial charge >= 0.3 is 18.1 Å². The lowest BCUT2D eigenvalue weighted by molar-refractivity contribution is -0.290. The first-order valence-electron chi connectivity index (χ1n) is 6.19. The Hall–Kier alpha value is -2.49. The normalized spacial score (nSPS) is 12.9. The number of nitrogens with zero attached hydrogens (tertiary/aromatic N) is 3. The highest BCUT2D eigenvalue weighted by molar-refractivity contribution is 6.32. The Morgan fingerprint density at radius 1 is 1.17 bits per heavy atom. The molecule has 5 nitrogen and oxygen atoms in total. The van der Waals surface area contributed by atoms with Gasteiger partial charge in [0.15, 0.2) is 5.69 Å². The van der Waals surface area contributed by atoms with E-state index in [1.54, 1.807) is 0 Å². The third-order valence-electron chi connectivity index (χ3n) is 3.23. The molecule has 24 heavy (non-hydrogen) atoms. The van der Waals surface area contributed by atoms with Crippen LogP contribution in [0, 0.1) is 0 Å². The van der Waals surface area contributed by atoms with Gasteiger partial charge in [0.05, 0.1) is 5.02 Å². The van der Waals surface area contributed by atoms with Crippen LogP contribution in [0.2, 0.25) is 5.02 Å². The summed E-state index contributed by atoms with van der Waals surface area (Å²) in [5.41, 5.74) is -2.38. The van der Waals surface area contributed by atoms with Gasteiger partial charge in [-0.25, -0.2) is 14.8 Å². The molecule has 0 aromatic carbocycles. The van der Waals surface area contributed by atoms with Crippen molar-refractivity contribution < 1.29 is 31.9 Å². The molecule has 0 bridgehead atoms. The first-order chi connectivity index (χ1) is 11.0. The molecule has 11 heteroatoms. The van der Waals surface area contributed by atoms with Crippen LogP contribution in [0.1, 0.15) is 16.2 Å². The van der Waals surface area contributed by atoms with Gasteiger partial charge in [-0.2, -0.15) is 22.0 Å². The molecule has 0 atom stereocenters. The van der Waals surface area contributed by atoms with Gasteiger partial charge in [-0.3, -0.25) is 4.40 Å². The van der Waals surface area contributed by atoms with Crippen molar-refractivity contribution in [2.45, 2.75) is 12.1 Å². The average Bonchev–Trinajstić information content (AvgIpc) is 2.89. The predicted molar refractivity (Wildman–Crippen MR) is 72.4 cm³/mol. The van der Waals surface area contributed by atoms with Crippen molar-refractivity contribution in [2.75, 3.05) is 0 Å². The molecule has 0 saturated carbocycles. The molecule has 3 heterocycles. The number of aromatic nitrogens is 3. The summed E-state index contributed by atoms with van der Waals surface area (Å²) in [6.45, 7) is 0. The lowest BCUT2D eigenvalue weighted by atomic mass is 10.1. The third kappa shape index (κ3) is 2.33. The van der Waals surface area contributed by atoms with Crippen LogP contribution in [0.4, 0.5) is 22.0 Å². The SMILES string of the molecule is O=C(O)c1cn2c(ccc3cc(Cl)c(C(F)(F)C(F)(F)F)nc32)n1. The van der Waals surface area contributed by atoms with Gasteiger partial charge in [-0.05, 0) is 18.2 Å². The molecule has 3 rings (SSSR count). The van der Waals surface area contributed by atoms with Crippen molar-refractivity contribution in [2.24, 2.45) is 0 Å². The van der Waals surface area contributed by atoms with Crippen LogP contribution in [-0.4, -0.2) is 31.6 Å². The minimum Gasteiger partial charge on any atom is -0.476 e. The van der Waals surface area contributed by atoms with Crippen LogP contribution in [0.3, 0.4) is 0 Å². The molecule has 0 radical (unpaired) electrons. The van der Waals surface area contributed by atoms with Crippen LogP contribution in [0.5, 0.6) is 0 Å². The molecule has 0 amide bonds. The highest BCUT2D eigenvalue weighted by Gasteiger charge is 2.61. The van der Waals surface area contributed by atoms with E-state index in [-0.39, 0.29) is 16.7 Å². The first-order valence-corrected chi connectivity index (χ1v) is 6.57. The second-order valence-electron chi connectivity index (χ2n) is 4.80. The predicted octanol–water partition coefficient (Wildman–Crippen LogP) is 3.89. The molecular formula is C13H5ClF5N3O2. The van der Waals surface area contributed by atoms with E-state index in [0.717, 1.165) is 16.7 Å². The minimum absolute atomic E-state index is 0.0241. The third-order valence-corrected chi connectivity index (χ3v) is 3.52. The number of halogens is 6. The summed E-state index contributed by atoms with van der Waals surface area (Å²) in [4.78, 5) is 18.0. The van der Waals surface area contributed by atoms with E-state index >= 15 is 0 Å². The van der Waals surface area contributed by atoms with Crippen LogP contribution in [0.25, 0.3) is 16.7 Å². The van der Waals surface area contributed by atoms with E-state index in [1.807, 2.05) is 0 Å². The van der Waals surface area contributed by atoms with E-state index < -0.39 is 34.5 Å². The molecule has 0 aliphatic heterocycles. The van der Waals surface area contributed by atoms with Crippen LogP contribution in [0.15, 0.2) is 24.4 Å². The molecule has 0 unspecified atom stereocenters. The minimum atomic E-state index is -5.88. The number of pyridine rings is 2. The Morgan fingerprint density at radius 2 is 1.83 bits per heavy atom. The number of imidazole rings is 1. The zero-order valence-electron chi connectivity index (χ0n) is 11.3. The Morgan fingerprint density at radius 3 is 2.42 bits per heavy atom. The lowest BCUT2D eigenvalue weighted by Gasteiger charge is -2.20. The number of carbonyl (C=O) groups is 1. The van der Waals surface area contributed by atoms with E-state index in [4.69, 9.17) is 16.7 Å². The monoisotopic (exact) mass is 365 g/mol. The van der Waals surface area contributed by atoms with E-state index in [0.29, 0.717) is 0 Å². The Kier molecular flexibility index (Phi) is 3.41. The molecule has 1 N–H and O–H groups in total. The topological polar surface area (TPSA) is 67.5 Å². The number of carboxylic acids is 1. The molecule has 0 aliphatic carbocycles. The summed E-state index contributed by atoms with van der Waals surface area (Å²) in [6.07, 6.45) is -4.91. The number of aromatic carboxylic acids is 1. The number of rotatable bonds is 2. The fourth-order valence-corrected chi connectivity index (χ4v) is 2.39. The summed E-state index contributed by atoms with van der Waals surface area (Å²) in [7, 11) is 0. The van der Waals surface area contributed by atoms with E-state index in [9.17, 15) is 26.7 Å². The second kappa shape index (κ2) is 5.00. The summed E-state index contributed by atoms with van der Waals surface area (Å²) >= 11 is 5.54. The molecule has 0 aliphatic rings. The van der Waals surface area contributed by atoms with Crippen molar-refractivity contribution in [3.63, 3.8) is 0 Å². The number of hydrogen-bond acceptors (Lipinski definition) is 3. The Bertz CT molecular complexity index is 983. The lowest BCUT2D eigenvalue weighted by Crippen LogP contribution is -2.35. The van der Waals surface area contributed by atoms with Crippen molar-refractivity contribution in [1.29, 1.82) is 0 Å². The van der Waals surface area contributed by atoms with Gasteiger partial charge in [0.25, 0.3) is 0 Å². The summed E-state index contributed by atoms with van der Waals surface area (Å²) in [6, 6.07) is 3.59. The molecule has 0 saturated heterocycles. The molecule has 0 fully saturated rings. The van der Waals surface area contributed by atoms with Crippen molar-refractivity contribution in [3.05, 3.63) is 40.8 Å². The highest BCUT2D eigenvalue weighted by Crippen LogP contribution is 2.45. The number of fused-ring (bicyclic) bond motifs is 3. The van der Waals surface area contributed by atoms with Gasteiger partial charge < -0.3 is 5.11 Å². The van der Waals surface area contributed by atoms with Crippen LogP contribution in [-0.2, 0) is 5.92 Å². The zero-order valence-corrected chi connectivity index (χ0v) is 12.0. The molecule has 0 spiro atoms. The standard InChI is InChI=1S/C13H5ClF5N3O2/c14-6-3-5-1-2-8-20-7(11(23)24)4-22(8)10(5)21-9(6)12(15,16)13(17,18)19/h1-4H,(H,23,24). The van der Waals surface area contributed by atoms with Crippen LogP contribution >= 0.6 is 11.6 Å². The summed E-state index contributed by atoms with van der Waals surface area (Å²) in [5, 5.41) is 8.19. The van der Waals surface area contributed by atoms with E-state index in [2.05, 4.69) is 9.97 Å². The fraction of sp³-hybridized carbons (Fsp3) is 0.154. The number of hydrogen-bond donors (Lipinski definition) is 1. The Balaban J connectivity index is 2.36. The number of alkyl halides is 5. The average molecular weight is 366 g/mol. The smallest absolute Gasteiger partial charge is 0.459 e. The largest absolute Gasteiger partial charge is 0.476 e. The number of carboxylic acid groups (broad SMARTS) is 1. The Labute approximate surface area is 134 Å². The summed E-state index contributed by atoms with van der Waals surface area (Å²) < 4.78 is 65.9. The van der Waals surface area contributed by atoms with Gasteiger partial charge in [0.1, 0.15) is 17.0 Å². The zero-order chi connectivity index (χ0) is 17.9. The maximum Gasteiger partial charge on any atom is 0.459 e. The van der Waals surface area contributed by atoms with Crippen molar-refractivity contribution >= 4 is 34.3 Å². The molecule has 3 aromatic heterocycles.